The average Bonchev–Trinajstić information content (AvgIpc) is 3.10. The van der Waals surface area contributed by atoms with Crippen LogP contribution in [0.5, 0.6) is 5.75 Å². The minimum atomic E-state index is -0.203. The van der Waals surface area contributed by atoms with E-state index in [9.17, 15) is 4.79 Å². The van der Waals surface area contributed by atoms with Crippen molar-refractivity contribution in [2.45, 2.75) is 26.7 Å². The Bertz CT molecular complexity index is 770. The van der Waals surface area contributed by atoms with E-state index < -0.39 is 0 Å². The number of nitrogens with zero attached hydrogens (tertiary/aromatic N) is 1. The van der Waals surface area contributed by atoms with Crippen LogP contribution < -0.4 is 15.0 Å². The molecule has 4 nitrogen and oxygen atoms in total. The number of carbonyl (C=O) groups is 1. The van der Waals surface area contributed by atoms with Crippen molar-refractivity contribution < 1.29 is 9.53 Å². The molecule has 25 heavy (non-hydrogen) atoms. The summed E-state index contributed by atoms with van der Waals surface area (Å²) in [6.45, 7) is 6.05. The quantitative estimate of drug-likeness (QED) is 0.850. The Balaban J connectivity index is 1.59. The number of halogens is 1. The van der Waals surface area contributed by atoms with E-state index in [1.165, 1.54) is 12.8 Å². The molecule has 3 rings (SSSR count). The minimum Gasteiger partial charge on any atom is -0.483 e. The number of amides is 1. The zero-order valence-electron chi connectivity index (χ0n) is 14.6. The lowest BCUT2D eigenvalue weighted by Gasteiger charge is -2.19. The van der Waals surface area contributed by atoms with Crippen LogP contribution in [0.4, 0.5) is 11.4 Å². The lowest BCUT2D eigenvalue weighted by atomic mass is 10.1. The smallest absolute Gasteiger partial charge is 0.262 e. The van der Waals surface area contributed by atoms with E-state index in [4.69, 9.17) is 16.3 Å². The van der Waals surface area contributed by atoms with Crippen LogP contribution in [0.25, 0.3) is 0 Å². The van der Waals surface area contributed by atoms with Gasteiger partial charge in [0, 0.05) is 18.8 Å². The number of benzene rings is 2. The van der Waals surface area contributed by atoms with Crippen LogP contribution in [0.15, 0.2) is 36.4 Å². The second kappa shape index (κ2) is 7.79. The van der Waals surface area contributed by atoms with Gasteiger partial charge >= 0.3 is 0 Å². The fraction of sp³-hybridized carbons (Fsp3) is 0.350. The topological polar surface area (TPSA) is 41.6 Å². The molecule has 0 spiro atoms. The molecule has 132 valence electrons. The maximum atomic E-state index is 12.1. The van der Waals surface area contributed by atoms with E-state index in [0.717, 1.165) is 35.7 Å². The summed E-state index contributed by atoms with van der Waals surface area (Å²) < 4.78 is 5.63. The van der Waals surface area contributed by atoms with Gasteiger partial charge in [0.05, 0.1) is 10.7 Å². The third kappa shape index (κ3) is 4.26. The minimum absolute atomic E-state index is 0.0320. The molecule has 0 radical (unpaired) electrons. The Kier molecular flexibility index (Phi) is 5.49. The van der Waals surface area contributed by atoms with Crippen molar-refractivity contribution in [3.8, 4) is 5.75 Å². The predicted molar refractivity (Wildman–Crippen MR) is 103 cm³/mol. The second-order valence-corrected chi connectivity index (χ2v) is 6.80. The third-order valence-corrected chi connectivity index (χ3v) is 4.89. The highest BCUT2D eigenvalue weighted by Crippen LogP contribution is 2.31. The van der Waals surface area contributed by atoms with Crippen LogP contribution in [0.3, 0.4) is 0 Å². The third-order valence-electron chi connectivity index (χ3n) is 4.59. The number of aryl methyl sites for hydroxylation is 1. The molecule has 2 aromatic carbocycles. The summed E-state index contributed by atoms with van der Waals surface area (Å²) in [5.74, 6) is 0.531. The average molecular weight is 359 g/mol. The molecular weight excluding hydrogens is 336 g/mol. The van der Waals surface area contributed by atoms with E-state index in [0.29, 0.717) is 10.7 Å². The number of hydrogen-bond donors (Lipinski definition) is 1. The Morgan fingerprint density at radius 1 is 1.20 bits per heavy atom. The molecule has 1 aliphatic rings. The van der Waals surface area contributed by atoms with Gasteiger partial charge in [-0.15, -0.1) is 0 Å². The van der Waals surface area contributed by atoms with Crippen LogP contribution in [-0.4, -0.2) is 25.6 Å². The molecule has 1 fully saturated rings. The summed E-state index contributed by atoms with van der Waals surface area (Å²) in [6.07, 6.45) is 2.40. The Hall–Kier alpha value is -2.20. The summed E-state index contributed by atoms with van der Waals surface area (Å²) >= 11 is 6.38. The number of carbonyl (C=O) groups excluding carboxylic acids is 1. The lowest BCUT2D eigenvalue weighted by molar-refractivity contribution is -0.118. The van der Waals surface area contributed by atoms with Gasteiger partial charge in [0.1, 0.15) is 5.75 Å². The van der Waals surface area contributed by atoms with Gasteiger partial charge in [-0.05, 0) is 62.1 Å². The highest BCUT2D eigenvalue weighted by atomic mass is 35.5. The van der Waals surface area contributed by atoms with Crippen LogP contribution in [-0.2, 0) is 4.79 Å². The monoisotopic (exact) mass is 358 g/mol. The van der Waals surface area contributed by atoms with Crippen molar-refractivity contribution in [3.05, 3.63) is 52.5 Å². The van der Waals surface area contributed by atoms with Gasteiger partial charge in [-0.25, -0.2) is 0 Å². The molecule has 0 aromatic heterocycles. The molecule has 1 heterocycles. The van der Waals surface area contributed by atoms with Crippen molar-refractivity contribution in [1.82, 2.24) is 0 Å². The molecule has 0 atom stereocenters. The number of rotatable bonds is 5. The van der Waals surface area contributed by atoms with Gasteiger partial charge in [0.15, 0.2) is 6.61 Å². The van der Waals surface area contributed by atoms with E-state index in [2.05, 4.69) is 10.2 Å². The Morgan fingerprint density at radius 2 is 1.96 bits per heavy atom. The van der Waals surface area contributed by atoms with Crippen molar-refractivity contribution in [2.75, 3.05) is 29.9 Å². The second-order valence-electron chi connectivity index (χ2n) is 6.40. The largest absolute Gasteiger partial charge is 0.483 e. The number of ether oxygens (including phenoxy) is 1. The first-order chi connectivity index (χ1) is 12.0. The van der Waals surface area contributed by atoms with Crippen molar-refractivity contribution in [1.29, 1.82) is 0 Å². The Labute approximate surface area is 153 Å². The molecular formula is C20H23ClN2O2. The zero-order chi connectivity index (χ0) is 17.8. The number of nitrogens with one attached hydrogen (secondary N) is 1. The number of hydrogen-bond acceptors (Lipinski definition) is 3. The molecule has 1 saturated heterocycles. The molecule has 0 unspecified atom stereocenters. The maximum Gasteiger partial charge on any atom is 0.262 e. The van der Waals surface area contributed by atoms with Gasteiger partial charge in [0.2, 0.25) is 0 Å². The molecule has 1 amide bonds. The van der Waals surface area contributed by atoms with Crippen LogP contribution in [0, 0.1) is 13.8 Å². The standard InChI is InChI=1S/C20H23ClN2O2/c1-14-6-5-7-19(15(14)2)25-13-20(24)22-16-8-9-18(17(21)12-16)23-10-3-4-11-23/h5-9,12H,3-4,10-11,13H2,1-2H3,(H,22,24). The summed E-state index contributed by atoms with van der Waals surface area (Å²) in [5.41, 5.74) is 3.90. The van der Waals surface area contributed by atoms with Crippen molar-refractivity contribution in [2.24, 2.45) is 0 Å². The molecule has 2 aromatic rings. The first-order valence-electron chi connectivity index (χ1n) is 8.58. The summed E-state index contributed by atoms with van der Waals surface area (Å²) in [4.78, 5) is 14.4. The van der Waals surface area contributed by atoms with Gasteiger partial charge < -0.3 is 15.0 Å². The molecule has 5 heteroatoms. The predicted octanol–water partition coefficient (Wildman–Crippen LogP) is 4.57. The van der Waals surface area contributed by atoms with E-state index in [1.54, 1.807) is 6.07 Å². The van der Waals surface area contributed by atoms with Crippen LogP contribution in [0.2, 0.25) is 5.02 Å². The van der Waals surface area contributed by atoms with Crippen LogP contribution >= 0.6 is 11.6 Å². The van der Waals surface area contributed by atoms with Gasteiger partial charge in [-0.1, -0.05) is 23.7 Å². The normalized spacial score (nSPS) is 13.8. The molecule has 1 N–H and O–H groups in total. The van der Waals surface area contributed by atoms with Gasteiger partial charge in [-0.3, -0.25) is 4.79 Å². The van der Waals surface area contributed by atoms with E-state index in [1.807, 2.05) is 44.2 Å². The molecule has 0 bridgehead atoms. The molecule has 0 aliphatic carbocycles. The summed E-state index contributed by atoms with van der Waals surface area (Å²) in [6, 6.07) is 11.5. The van der Waals surface area contributed by atoms with Crippen LogP contribution in [0.1, 0.15) is 24.0 Å². The highest BCUT2D eigenvalue weighted by molar-refractivity contribution is 6.33. The Morgan fingerprint density at radius 3 is 2.68 bits per heavy atom. The van der Waals surface area contributed by atoms with Gasteiger partial charge in [0.25, 0.3) is 5.91 Å². The summed E-state index contributed by atoms with van der Waals surface area (Å²) in [7, 11) is 0. The fourth-order valence-electron chi connectivity index (χ4n) is 3.02. The van der Waals surface area contributed by atoms with Crippen molar-refractivity contribution in [3.63, 3.8) is 0 Å². The van der Waals surface area contributed by atoms with Gasteiger partial charge in [-0.2, -0.15) is 0 Å². The maximum absolute atomic E-state index is 12.1. The SMILES string of the molecule is Cc1cccc(OCC(=O)Nc2ccc(N3CCCC3)c(Cl)c2)c1C. The zero-order valence-corrected chi connectivity index (χ0v) is 15.4. The first kappa shape index (κ1) is 17.6. The number of anilines is 2. The van der Waals surface area contributed by atoms with E-state index in [-0.39, 0.29) is 12.5 Å². The van der Waals surface area contributed by atoms with Crippen molar-refractivity contribution >= 4 is 28.9 Å². The highest BCUT2D eigenvalue weighted by Gasteiger charge is 2.15. The first-order valence-corrected chi connectivity index (χ1v) is 8.96. The van der Waals surface area contributed by atoms with E-state index >= 15 is 0 Å². The summed E-state index contributed by atoms with van der Waals surface area (Å²) in [5, 5.41) is 3.50. The molecule has 0 saturated carbocycles. The lowest BCUT2D eigenvalue weighted by Crippen LogP contribution is -2.21. The fourth-order valence-corrected chi connectivity index (χ4v) is 3.32. The molecule has 1 aliphatic heterocycles.